The number of nitrogens with two attached hydrogens (primary N) is 1. The Labute approximate surface area is 187 Å². The average molecular weight is 431 g/mol. The van der Waals surface area contributed by atoms with Crippen molar-refractivity contribution in [2.24, 2.45) is 11.1 Å². The summed E-state index contributed by atoms with van der Waals surface area (Å²) in [5.41, 5.74) is 8.38. The van der Waals surface area contributed by atoms with E-state index in [2.05, 4.69) is 6.07 Å². The molecule has 2 aromatic carbocycles. The number of methoxy groups -OCH3 is 1. The van der Waals surface area contributed by atoms with Gasteiger partial charge in [0.15, 0.2) is 17.3 Å². The van der Waals surface area contributed by atoms with E-state index in [-0.39, 0.29) is 22.7 Å². The van der Waals surface area contributed by atoms with E-state index in [1.165, 1.54) is 0 Å². The Morgan fingerprint density at radius 1 is 1.16 bits per heavy atom. The predicted molar refractivity (Wildman–Crippen MR) is 119 cm³/mol. The third-order valence-electron chi connectivity index (χ3n) is 5.83. The molecule has 1 aliphatic carbocycles. The highest BCUT2D eigenvalue weighted by atomic mass is 16.5. The summed E-state index contributed by atoms with van der Waals surface area (Å²) in [6.07, 6.45) is 0.968. The molecule has 6 heteroatoms. The highest BCUT2D eigenvalue weighted by Gasteiger charge is 2.43. The quantitative estimate of drug-likeness (QED) is 0.737. The highest BCUT2D eigenvalue weighted by Crippen LogP contribution is 2.48. The van der Waals surface area contributed by atoms with Gasteiger partial charge in [-0.2, -0.15) is 5.26 Å². The largest absolute Gasteiger partial charge is 0.493 e. The Morgan fingerprint density at radius 3 is 2.59 bits per heavy atom. The van der Waals surface area contributed by atoms with Gasteiger partial charge >= 0.3 is 0 Å². The molecular formula is C26H26N2O4. The topological polar surface area (TPSA) is 94.6 Å². The number of hydrogen-bond acceptors (Lipinski definition) is 6. The normalized spacial score (nSPS) is 19.7. The molecule has 1 atom stereocenters. The standard InChI is InChI=1S/C26H26N2O4/c1-26(2)12-19(29)24-22(13-26)32-25(28)18(14-27)23(24)17-9-10-20(30-3)21(11-17)31-15-16-7-5-4-6-8-16/h4-11,23H,12-13,15,28H2,1-3H3/t23-/m1/s1. The second kappa shape index (κ2) is 8.43. The Hall–Kier alpha value is -3.72. The summed E-state index contributed by atoms with van der Waals surface area (Å²) < 4.78 is 17.3. The van der Waals surface area contributed by atoms with Crippen LogP contribution >= 0.6 is 0 Å². The van der Waals surface area contributed by atoms with Crippen LogP contribution in [0, 0.1) is 16.7 Å². The predicted octanol–water partition coefficient (Wildman–Crippen LogP) is 4.73. The molecule has 0 spiro atoms. The van der Waals surface area contributed by atoms with Gasteiger partial charge in [0.2, 0.25) is 5.88 Å². The van der Waals surface area contributed by atoms with Crippen LogP contribution in [0.2, 0.25) is 0 Å². The number of carbonyl (C=O) groups excluding carboxylic acids is 1. The van der Waals surface area contributed by atoms with E-state index in [9.17, 15) is 10.1 Å². The number of benzene rings is 2. The lowest BCUT2D eigenvalue weighted by Gasteiger charge is -2.37. The minimum atomic E-state index is -0.600. The van der Waals surface area contributed by atoms with Crippen molar-refractivity contribution in [2.45, 2.75) is 39.2 Å². The van der Waals surface area contributed by atoms with Crippen LogP contribution in [0.4, 0.5) is 0 Å². The summed E-state index contributed by atoms with van der Waals surface area (Å²) in [5.74, 6) is 1.07. The van der Waals surface area contributed by atoms with E-state index in [0.717, 1.165) is 11.1 Å². The van der Waals surface area contributed by atoms with Crippen molar-refractivity contribution >= 4 is 5.78 Å². The van der Waals surface area contributed by atoms with E-state index >= 15 is 0 Å². The lowest BCUT2D eigenvalue weighted by atomic mass is 9.70. The molecule has 1 heterocycles. The number of hydrogen-bond donors (Lipinski definition) is 1. The number of ketones is 1. The molecule has 6 nitrogen and oxygen atoms in total. The second-order valence-electron chi connectivity index (χ2n) is 8.89. The monoisotopic (exact) mass is 430 g/mol. The molecule has 0 radical (unpaired) electrons. The zero-order valence-electron chi connectivity index (χ0n) is 18.5. The second-order valence-corrected chi connectivity index (χ2v) is 8.89. The van der Waals surface area contributed by atoms with Gasteiger partial charge < -0.3 is 19.9 Å². The Balaban J connectivity index is 1.76. The summed E-state index contributed by atoms with van der Waals surface area (Å²) in [7, 11) is 1.57. The fraction of sp³-hybridized carbons (Fsp3) is 0.308. The van der Waals surface area contributed by atoms with Gasteiger partial charge in [0, 0.05) is 18.4 Å². The number of allylic oxidation sites excluding steroid dienone is 3. The van der Waals surface area contributed by atoms with E-state index < -0.39 is 5.92 Å². The molecule has 0 fully saturated rings. The van der Waals surface area contributed by atoms with E-state index in [1.54, 1.807) is 13.2 Å². The number of carbonyl (C=O) groups is 1. The fourth-order valence-electron chi connectivity index (χ4n) is 4.34. The molecule has 2 aliphatic rings. The summed E-state index contributed by atoms with van der Waals surface area (Å²) >= 11 is 0. The summed E-state index contributed by atoms with van der Waals surface area (Å²) in [6.45, 7) is 4.41. The first kappa shape index (κ1) is 21.5. The van der Waals surface area contributed by atoms with Crippen molar-refractivity contribution in [1.82, 2.24) is 0 Å². The number of rotatable bonds is 5. The minimum absolute atomic E-state index is 0.0240. The molecule has 0 saturated heterocycles. The number of Topliss-reactive ketones (excluding diaryl/α,β-unsaturated/α-hetero) is 1. The number of nitriles is 1. The third-order valence-corrected chi connectivity index (χ3v) is 5.83. The molecular weight excluding hydrogens is 404 g/mol. The van der Waals surface area contributed by atoms with Gasteiger partial charge in [-0.05, 0) is 28.7 Å². The first-order chi connectivity index (χ1) is 15.3. The minimum Gasteiger partial charge on any atom is -0.493 e. The Bertz CT molecular complexity index is 1160. The molecule has 0 bridgehead atoms. The smallest absolute Gasteiger partial charge is 0.205 e. The number of ether oxygens (including phenoxy) is 3. The van der Waals surface area contributed by atoms with Crippen LogP contribution < -0.4 is 15.2 Å². The molecule has 0 aromatic heterocycles. The van der Waals surface area contributed by atoms with Gasteiger partial charge in [0.05, 0.1) is 13.0 Å². The summed E-state index contributed by atoms with van der Waals surface area (Å²) in [4.78, 5) is 13.1. The maximum absolute atomic E-state index is 13.1. The lowest BCUT2D eigenvalue weighted by Crippen LogP contribution is -2.33. The van der Waals surface area contributed by atoms with Crippen molar-refractivity contribution in [3.8, 4) is 17.6 Å². The van der Waals surface area contributed by atoms with Crippen molar-refractivity contribution < 1.29 is 19.0 Å². The molecule has 2 aromatic rings. The molecule has 0 unspecified atom stereocenters. The van der Waals surface area contributed by atoms with Gasteiger partial charge in [-0.1, -0.05) is 50.2 Å². The van der Waals surface area contributed by atoms with Crippen LogP contribution in [0.25, 0.3) is 0 Å². The molecule has 2 N–H and O–H groups in total. The fourth-order valence-corrected chi connectivity index (χ4v) is 4.34. The van der Waals surface area contributed by atoms with Crippen molar-refractivity contribution in [3.63, 3.8) is 0 Å². The Morgan fingerprint density at radius 2 is 1.91 bits per heavy atom. The van der Waals surface area contributed by atoms with Crippen LogP contribution in [0.5, 0.6) is 11.5 Å². The molecule has 164 valence electrons. The highest BCUT2D eigenvalue weighted by molar-refractivity contribution is 6.00. The van der Waals surface area contributed by atoms with E-state index in [0.29, 0.717) is 42.3 Å². The van der Waals surface area contributed by atoms with E-state index in [4.69, 9.17) is 19.9 Å². The van der Waals surface area contributed by atoms with Crippen LogP contribution in [0.15, 0.2) is 71.3 Å². The summed E-state index contributed by atoms with van der Waals surface area (Å²) in [5, 5.41) is 9.84. The van der Waals surface area contributed by atoms with Gasteiger partial charge in [0.25, 0.3) is 0 Å². The van der Waals surface area contributed by atoms with Crippen LogP contribution in [0.1, 0.15) is 43.7 Å². The zero-order valence-corrected chi connectivity index (χ0v) is 18.5. The molecule has 32 heavy (non-hydrogen) atoms. The first-order valence-corrected chi connectivity index (χ1v) is 10.5. The summed E-state index contributed by atoms with van der Waals surface area (Å²) in [6, 6.07) is 17.4. The van der Waals surface area contributed by atoms with Crippen LogP contribution in [0.3, 0.4) is 0 Å². The molecule has 4 rings (SSSR count). The zero-order chi connectivity index (χ0) is 22.9. The van der Waals surface area contributed by atoms with Gasteiger partial charge in [-0.25, -0.2) is 0 Å². The number of nitrogens with zero attached hydrogens (tertiary/aromatic N) is 1. The molecule has 0 amide bonds. The maximum atomic E-state index is 13.1. The van der Waals surface area contributed by atoms with Gasteiger partial charge in [-0.3, -0.25) is 4.79 Å². The maximum Gasteiger partial charge on any atom is 0.205 e. The van der Waals surface area contributed by atoms with Gasteiger partial charge in [0.1, 0.15) is 24.0 Å². The average Bonchev–Trinajstić information content (AvgIpc) is 2.76. The molecule has 1 aliphatic heterocycles. The first-order valence-electron chi connectivity index (χ1n) is 10.5. The molecule has 0 saturated carbocycles. The Kier molecular flexibility index (Phi) is 5.67. The van der Waals surface area contributed by atoms with Gasteiger partial charge in [-0.15, -0.1) is 0 Å². The van der Waals surface area contributed by atoms with Crippen molar-refractivity contribution in [3.05, 3.63) is 82.4 Å². The van der Waals surface area contributed by atoms with E-state index in [1.807, 2.05) is 56.3 Å². The lowest BCUT2D eigenvalue weighted by molar-refractivity contribution is -0.119. The van der Waals surface area contributed by atoms with Crippen molar-refractivity contribution in [1.29, 1.82) is 5.26 Å². The SMILES string of the molecule is COc1ccc([C@@H]2C(C#N)=C(N)OC3=C2C(=O)CC(C)(C)C3)cc1OCc1ccccc1. The van der Waals surface area contributed by atoms with Crippen LogP contribution in [-0.2, 0) is 16.1 Å². The third kappa shape index (κ3) is 4.06. The van der Waals surface area contributed by atoms with Crippen LogP contribution in [-0.4, -0.2) is 12.9 Å². The van der Waals surface area contributed by atoms with Crippen molar-refractivity contribution in [2.75, 3.05) is 7.11 Å².